The normalized spacial score (nSPS) is 14.7. The van der Waals surface area contributed by atoms with E-state index >= 15 is 0 Å². The van der Waals surface area contributed by atoms with Gasteiger partial charge >= 0.3 is 6.09 Å². The first-order chi connectivity index (χ1) is 18.2. The van der Waals surface area contributed by atoms with Crippen molar-refractivity contribution in [1.29, 1.82) is 0 Å². The molecule has 4 rings (SSSR count). The number of piperidine rings is 1. The predicted molar refractivity (Wildman–Crippen MR) is 164 cm³/mol. The standard InChI is InChI=1S/C31H37N3O4.HI/c1-22-19-24(21-35)10-12-28(22)32-30(36)14-11-23-9-13-29(27(20-23)25-7-5-4-6-8-25)33-31(37)38-26-15-17-34(2,3)18-16-26;/h4-10,12-13,19-20,26H,11,14-18,21H2,1-3H3,(H,32,36)(H,33,37);1H. The Labute approximate surface area is 248 Å². The molecule has 2 N–H and O–H groups in total. The zero-order valence-corrected chi connectivity index (χ0v) is 25.2. The molecule has 39 heavy (non-hydrogen) atoms. The average Bonchev–Trinajstić information content (AvgIpc) is 2.91. The first-order valence-corrected chi connectivity index (χ1v) is 13.2. The van der Waals surface area contributed by atoms with Crippen LogP contribution >= 0.6 is 24.0 Å². The fourth-order valence-electron chi connectivity index (χ4n) is 4.79. The summed E-state index contributed by atoms with van der Waals surface area (Å²) in [7, 11) is 4.39. The number of aryl methyl sites for hydroxylation is 2. The highest BCUT2D eigenvalue weighted by atomic mass is 127. The Balaban J connectivity index is 0.00000420. The molecule has 3 aromatic rings. The summed E-state index contributed by atoms with van der Waals surface area (Å²) in [5.74, 6) is -0.0932. The Morgan fingerprint density at radius 1 is 0.923 bits per heavy atom. The van der Waals surface area contributed by atoms with Crippen molar-refractivity contribution in [2.75, 3.05) is 37.8 Å². The summed E-state index contributed by atoms with van der Waals surface area (Å²) in [4.78, 5) is 25.4. The van der Waals surface area contributed by atoms with Gasteiger partial charge in [-0.15, -0.1) is 30.6 Å². The lowest BCUT2D eigenvalue weighted by Gasteiger charge is -2.36. The number of carbonyl (C=O) groups excluding carboxylic acids is 2. The van der Waals surface area contributed by atoms with E-state index in [0.29, 0.717) is 24.1 Å². The van der Waals surface area contributed by atoms with E-state index in [-0.39, 0.29) is 42.6 Å². The SMILES string of the molecule is Cc1cc(C[O-])ccc1NC(=O)CCc1ccc(NC(=O)OC2CC[N+](C)(C)CC2)c(-c2ccccc2)c1.I. The first-order valence-electron chi connectivity index (χ1n) is 13.2. The van der Waals surface area contributed by atoms with Crippen LogP contribution in [-0.2, 0) is 22.6 Å². The number of halogens is 1. The summed E-state index contributed by atoms with van der Waals surface area (Å²) < 4.78 is 6.69. The number of amides is 2. The highest BCUT2D eigenvalue weighted by Gasteiger charge is 2.28. The van der Waals surface area contributed by atoms with Crippen molar-refractivity contribution >= 4 is 47.4 Å². The van der Waals surface area contributed by atoms with Crippen molar-refractivity contribution in [3.8, 4) is 11.1 Å². The monoisotopic (exact) mass is 643 g/mol. The predicted octanol–water partition coefficient (Wildman–Crippen LogP) is 5.50. The van der Waals surface area contributed by atoms with Gasteiger partial charge in [-0.3, -0.25) is 10.1 Å². The largest absolute Gasteiger partial charge is 0.851 e. The Kier molecular flexibility index (Phi) is 10.9. The molecule has 1 saturated heterocycles. The van der Waals surface area contributed by atoms with Crippen molar-refractivity contribution < 1.29 is 23.9 Å². The van der Waals surface area contributed by atoms with E-state index in [1.54, 1.807) is 18.2 Å². The number of carbonyl (C=O) groups is 2. The summed E-state index contributed by atoms with van der Waals surface area (Å²) in [5, 5.41) is 17.0. The van der Waals surface area contributed by atoms with Gasteiger partial charge in [-0.25, -0.2) is 4.79 Å². The molecule has 0 bridgehead atoms. The van der Waals surface area contributed by atoms with E-state index < -0.39 is 6.09 Å². The average molecular weight is 644 g/mol. The van der Waals surface area contributed by atoms with Crippen molar-refractivity contribution in [1.82, 2.24) is 0 Å². The van der Waals surface area contributed by atoms with Crippen LogP contribution in [0.4, 0.5) is 16.2 Å². The number of rotatable bonds is 8. The molecule has 208 valence electrons. The molecular formula is C31H38IN3O4. The number of nitrogens with zero attached hydrogens (tertiary/aromatic N) is 1. The maximum absolute atomic E-state index is 12.8. The van der Waals surface area contributed by atoms with Crippen LogP contribution in [0.3, 0.4) is 0 Å². The molecule has 0 atom stereocenters. The Morgan fingerprint density at radius 2 is 1.59 bits per heavy atom. The van der Waals surface area contributed by atoms with Gasteiger partial charge < -0.3 is 19.6 Å². The highest BCUT2D eigenvalue weighted by molar-refractivity contribution is 14.0. The number of benzene rings is 3. The fraction of sp³-hybridized carbons (Fsp3) is 0.355. The molecule has 8 heteroatoms. The van der Waals surface area contributed by atoms with E-state index in [4.69, 9.17) is 4.74 Å². The summed E-state index contributed by atoms with van der Waals surface area (Å²) >= 11 is 0. The number of likely N-dealkylation sites (tertiary alicyclic amines) is 1. The minimum Gasteiger partial charge on any atom is -0.851 e. The Hall–Kier alpha value is -2.95. The van der Waals surface area contributed by atoms with Gasteiger partial charge in [-0.05, 0) is 48.2 Å². The molecule has 0 aliphatic carbocycles. The third-order valence-corrected chi connectivity index (χ3v) is 7.16. The van der Waals surface area contributed by atoms with Crippen molar-refractivity contribution in [2.24, 2.45) is 0 Å². The summed E-state index contributed by atoms with van der Waals surface area (Å²) in [5.41, 5.74) is 5.81. The molecule has 1 fully saturated rings. The second-order valence-corrected chi connectivity index (χ2v) is 10.7. The van der Waals surface area contributed by atoms with Crippen molar-refractivity contribution in [3.05, 3.63) is 83.4 Å². The summed E-state index contributed by atoms with van der Waals surface area (Å²) in [6.07, 6.45) is 2.06. The van der Waals surface area contributed by atoms with Crippen LogP contribution in [0.5, 0.6) is 0 Å². The van der Waals surface area contributed by atoms with E-state index in [2.05, 4.69) is 24.7 Å². The smallest absolute Gasteiger partial charge is 0.411 e. The van der Waals surface area contributed by atoms with Gasteiger partial charge in [-0.1, -0.05) is 54.1 Å². The van der Waals surface area contributed by atoms with Gasteiger partial charge in [0.1, 0.15) is 6.10 Å². The number of anilines is 2. The van der Waals surface area contributed by atoms with Gasteiger partial charge in [0.15, 0.2) is 0 Å². The van der Waals surface area contributed by atoms with Crippen LogP contribution in [0.15, 0.2) is 66.7 Å². The molecule has 0 spiro atoms. The van der Waals surface area contributed by atoms with Gasteiger partial charge in [0.2, 0.25) is 5.91 Å². The van der Waals surface area contributed by atoms with E-state index in [9.17, 15) is 14.7 Å². The van der Waals surface area contributed by atoms with Crippen LogP contribution in [0, 0.1) is 6.92 Å². The molecule has 2 amide bonds. The molecule has 0 radical (unpaired) electrons. The molecule has 0 unspecified atom stereocenters. The van der Waals surface area contributed by atoms with Crippen LogP contribution in [0.25, 0.3) is 11.1 Å². The summed E-state index contributed by atoms with van der Waals surface area (Å²) in [6.45, 7) is 3.58. The van der Waals surface area contributed by atoms with Gasteiger partial charge in [0, 0.05) is 30.5 Å². The number of hydrogen-bond donors (Lipinski definition) is 2. The molecule has 0 saturated carbocycles. The first kappa shape index (κ1) is 30.6. The van der Waals surface area contributed by atoms with Crippen LogP contribution < -0.4 is 15.7 Å². The zero-order chi connectivity index (χ0) is 27.1. The molecule has 1 aliphatic heterocycles. The number of hydrogen-bond acceptors (Lipinski definition) is 4. The Bertz CT molecular complexity index is 1270. The van der Waals surface area contributed by atoms with Gasteiger partial charge in [0.25, 0.3) is 0 Å². The molecule has 1 heterocycles. The molecule has 3 aromatic carbocycles. The second kappa shape index (κ2) is 13.9. The third kappa shape index (κ3) is 8.78. The maximum atomic E-state index is 12.8. The van der Waals surface area contributed by atoms with Crippen molar-refractivity contribution in [3.63, 3.8) is 0 Å². The molecule has 7 nitrogen and oxygen atoms in total. The van der Waals surface area contributed by atoms with E-state index in [1.165, 1.54) is 0 Å². The lowest BCUT2D eigenvalue weighted by molar-refractivity contribution is -0.896. The third-order valence-electron chi connectivity index (χ3n) is 7.16. The van der Waals surface area contributed by atoms with Gasteiger partial charge in [-0.2, -0.15) is 0 Å². The number of quaternary nitrogens is 1. The minimum atomic E-state index is -0.440. The maximum Gasteiger partial charge on any atom is 0.411 e. The fourth-order valence-corrected chi connectivity index (χ4v) is 4.79. The number of ether oxygens (including phenoxy) is 1. The molecular weight excluding hydrogens is 605 g/mol. The second-order valence-electron chi connectivity index (χ2n) is 10.7. The molecule has 0 aromatic heterocycles. The van der Waals surface area contributed by atoms with Crippen LogP contribution in [0.1, 0.15) is 36.0 Å². The van der Waals surface area contributed by atoms with Crippen LogP contribution in [-0.4, -0.2) is 49.8 Å². The molecule has 1 aliphatic rings. The Morgan fingerprint density at radius 3 is 2.26 bits per heavy atom. The van der Waals surface area contributed by atoms with E-state index in [0.717, 1.165) is 58.4 Å². The minimum absolute atomic E-state index is 0. The topological polar surface area (TPSA) is 90.5 Å². The summed E-state index contributed by atoms with van der Waals surface area (Å²) in [6, 6.07) is 21.0. The number of nitrogens with one attached hydrogen (secondary N) is 2. The lowest BCUT2D eigenvalue weighted by atomic mass is 9.98. The van der Waals surface area contributed by atoms with Crippen molar-refractivity contribution in [2.45, 2.75) is 45.3 Å². The highest BCUT2D eigenvalue weighted by Crippen LogP contribution is 2.30. The quantitative estimate of drug-likeness (QED) is 0.251. The van der Waals surface area contributed by atoms with Crippen LogP contribution in [0.2, 0.25) is 0 Å². The lowest BCUT2D eigenvalue weighted by Crippen LogP contribution is -2.48. The zero-order valence-electron chi connectivity index (χ0n) is 22.9. The van der Waals surface area contributed by atoms with Gasteiger partial charge in [0.05, 0.1) is 32.9 Å². The van der Waals surface area contributed by atoms with E-state index in [1.807, 2.05) is 55.5 Å².